The SMILES string of the molecule is CCN(CCC(=O)Nc1sccc1C(N)=O)Cc1nc2ccccc2c(=O)[nH]1. The first-order chi connectivity index (χ1) is 13.5. The monoisotopic (exact) mass is 399 g/mol. The summed E-state index contributed by atoms with van der Waals surface area (Å²) in [4.78, 5) is 45.1. The molecule has 2 amide bonds. The molecule has 0 bridgehead atoms. The van der Waals surface area contributed by atoms with E-state index in [1.165, 1.54) is 11.3 Å². The van der Waals surface area contributed by atoms with Crippen LogP contribution in [-0.4, -0.2) is 39.8 Å². The summed E-state index contributed by atoms with van der Waals surface area (Å²) >= 11 is 1.26. The lowest BCUT2D eigenvalue weighted by Crippen LogP contribution is -2.29. The minimum absolute atomic E-state index is 0.175. The van der Waals surface area contributed by atoms with Gasteiger partial charge in [0.15, 0.2) is 0 Å². The molecule has 0 aliphatic heterocycles. The average Bonchev–Trinajstić information content (AvgIpc) is 3.13. The number of H-pyrrole nitrogens is 1. The van der Waals surface area contributed by atoms with Gasteiger partial charge in [0.1, 0.15) is 10.8 Å². The number of fused-ring (bicyclic) bond motifs is 1. The number of aromatic nitrogens is 2. The van der Waals surface area contributed by atoms with Crippen LogP contribution in [0, 0.1) is 0 Å². The third kappa shape index (κ3) is 4.62. The van der Waals surface area contributed by atoms with Gasteiger partial charge < -0.3 is 16.0 Å². The second kappa shape index (κ2) is 8.77. The molecule has 0 radical (unpaired) electrons. The predicted octanol–water partition coefficient (Wildman–Crippen LogP) is 1.93. The number of nitrogens with two attached hydrogens (primary N) is 1. The number of rotatable bonds is 8. The van der Waals surface area contributed by atoms with E-state index in [0.717, 1.165) is 0 Å². The zero-order valence-electron chi connectivity index (χ0n) is 15.4. The van der Waals surface area contributed by atoms with Crippen LogP contribution in [0.25, 0.3) is 10.9 Å². The van der Waals surface area contributed by atoms with E-state index in [0.29, 0.717) is 46.9 Å². The van der Waals surface area contributed by atoms with E-state index in [1.807, 2.05) is 17.9 Å². The van der Waals surface area contributed by atoms with Gasteiger partial charge >= 0.3 is 0 Å². The van der Waals surface area contributed by atoms with Crippen molar-refractivity contribution >= 4 is 39.1 Å². The first-order valence-electron chi connectivity index (χ1n) is 8.85. The van der Waals surface area contributed by atoms with Gasteiger partial charge in [-0.25, -0.2) is 4.98 Å². The quantitative estimate of drug-likeness (QED) is 0.534. The van der Waals surface area contributed by atoms with E-state index in [2.05, 4.69) is 15.3 Å². The van der Waals surface area contributed by atoms with Crippen LogP contribution in [0.5, 0.6) is 0 Å². The van der Waals surface area contributed by atoms with Gasteiger partial charge in [-0.3, -0.25) is 19.3 Å². The molecule has 0 atom stereocenters. The molecule has 2 heterocycles. The van der Waals surface area contributed by atoms with E-state index in [-0.39, 0.29) is 17.9 Å². The van der Waals surface area contributed by atoms with Crippen LogP contribution >= 0.6 is 11.3 Å². The summed E-state index contributed by atoms with van der Waals surface area (Å²) in [6.07, 6.45) is 0.238. The minimum atomic E-state index is -0.571. The summed E-state index contributed by atoms with van der Waals surface area (Å²) in [6.45, 7) is 3.57. The van der Waals surface area contributed by atoms with Crippen LogP contribution in [0.2, 0.25) is 0 Å². The predicted molar refractivity (Wildman–Crippen MR) is 109 cm³/mol. The number of carbonyl (C=O) groups excluding carboxylic acids is 2. The molecule has 0 saturated heterocycles. The highest BCUT2D eigenvalue weighted by atomic mass is 32.1. The van der Waals surface area contributed by atoms with Gasteiger partial charge in [-0.05, 0) is 30.1 Å². The molecule has 3 rings (SSSR count). The Kier molecular flexibility index (Phi) is 6.17. The van der Waals surface area contributed by atoms with Crippen molar-refractivity contribution < 1.29 is 9.59 Å². The number of anilines is 1. The van der Waals surface area contributed by atoms with Gasteiger partial charge in [-0.1, -0.05) is 19.1 Å². The fraction of sp³-hybridized carbons (Fsp3) is 0.263. The lowest BCUT2D eigenvalue weighted by atomic mass is 10.2. The first kappa shape index (κ1) is 19.7. The molecule has 0 aliphatic rings. The summed E-state index contributed by atoms with van der Waals surface area (Å²) in [5.74, 6) is -0.221. The molecule has 8 nitrogen and oxygen atoms in total. The summed E-state index contributed by atoms with van der Waals surface area (Å²) < 4.78 is 0. The Morgan fingerprint density at radius 3 is 2.82 bits per heavy atom. The van der Waals surface area contributed by atoms with Crippen molar-refractivity contribution in [3.63, 3.8) is 0 Å². The van der Waals surface area contributed by atoms with Crippen molar-refractivity contribution in [2.75, 3.05) is 18.4 Å². The fourth-order valence-corrected chi connectivity index (χ4v) is 3.63. The van der Waals surface area contributed by atoms with E-state index in [1.54, 1.807) is 29.6 Å². The largest absolute Gasteiger partial charge is 0.366 e. The van der Waals surface area contributed by atoms with Crippen molar-refractivity contribution in [3.8, 4) is 0 Å². The maximum atomic E-state index is 12.2. The number of hydrogen-bond donors (Lipinski definition) is 3. The van der Waals surface area contributed by atoms with E-state index < -0.39 is 5.91 Å². The molecular weight excluding hydrogens is 378 g/mol. The summed E-state index contributed by atoms with van der Waals surface area (Å²) in [7, 11) is 0. The van der Waals surface area contributed by atoms with E-state index in [9.17, 15) is 14.4 Å². The van der Waals surface area contributed by atoms with E-state index >= 15 is 0 Å². The Labute approximate surface area is 165 Å². The van der Waals surface area contributed by atoms with Crippen LogP contribution in [-0.2, 0) is 11.3 Å². The van der Waals surface area contributed by atoms with Crippen LogP contribution in [0.1, 0.15) is 29.5 Å². The van der Waals surface area contributed by atoms with Crippen LogP contribution in [0.15, 0.2) is 40.5 Å². The Morgan fingerprint density at radius 1 is 1.29 bits per heavy atom. The minimum Gasteiger partial charge on any atom is -0.366 e. The van der Waals surface area contributed by atoms with Crippen molar-refractivity contribution in [2.45, 2.75) is 19.9 Å². The standard InChI is InChI=1S/C19H21N5O3S/c1-2-24(9-7-16(25)23-19-13(17(20)26)8-10-28-19)11-15-21-14-6-4-3-5-12(14)18(27)22-15/h3-6,8,10H,2,7,9,11H2,1H3,(H2,20,26)(H,23,25)(H,21,22,27). The molecule has 0 spiro atoms. The highest BCUT2D eigenvalue weighted by molar-refractivity contribution is 7.14. The number of aromatic amines is 1. The maximum absolute atomic E-state index is 12.2. The molecule has 0 aliphatic carbocycles. The number of benzene rings is 1. The summed E-state index contributed by atoms with van der Waals surface area (Å²) in [6, 6.07) is 8.76. The van der Waals surface area contributed by atoms with Crippen LogP contribution in [0.3, 0.4) is 0 Å². The average molecular weight is 399 g/mol. The topological polar surface area (TPSA) is 121 Å². The zero-order valence-corrected chi connectivity index (χ0v) is 16.2. The van der Waals surface area contributed by atoms with Gasteiger partial charge in [0.25, 0.3) is 11.5 Å². The van der Waals surface area contributed by atoms with Crippen molar-refractivity contribution in [2.24, 2.45) is 5.73 Å². The number of thiophene rings is 1. The lowest BCUT2D eigenvalue weighted by Gasteiger charge is -2.19. The van der Waals surface area contributed by atoms with Gasteiger partial charge in [0.2, 0.25) is 5.91 Å². The number of nitrogens with zero attached hydrogens (tertiary/aromatic N) is 2. The number of amides is 2. The number of primary amides is 1. The van der Waals surface area contributed by atoms with Crippen molar-refractivity contribution in [1.82, 2.24) is 14.9 Å². The maximum Gasteiger partial charge on any atom is 0.258 e. The van der Waals surface area contributed by atoms with Gasteiger partial charge in [-0.15, -0.1) is 11.3 Å². The first-order valence-corrected chi connectivity index (χ1v) is 9.73. The summed E-state index contributed by atoms with van der Waals surface area (Å²) in [5.41, 5.74) is 6.07. The van der Waals surface area contributed by atoms with Gasteiger partial charge in [-0.2, -0.15) is 0 Å². The molecule has 0 unspecified atom stereocenters. The molecule has 9 heteroatoms. The number of para-hydroxylation sites is 1. The number of carbonyl (C=O) groups is 2. The molecule has 0 fully saturated rings. The van der Waals surface area contributed by atoms with Gasteiger partial charge in [0, 0.05) is 13.0 Å². The van der Waals surface area contributed by atoms with Gasteiger partial charge in [0.05, 0.1) is 23.0 Å². The molecule has 4 N–H and O–H groups in total. The summed E-state index contributed by atoms with van der Waals surface area (Å²) in [5, 5.41) is 5.44. The number of hydrogen-bond acceptors (Lipinski definition) is 6. The molecule has 2 aromatic heterocycles. The molecular formula is C19H21N5O3S. The highest BCUT2D eigenvalue weighted by Gasteiger charge is 2.14. The lowest BCUT2D eigenvalue weighted by molar-refractivity contribution is -0.116. The Bertz CT molecular complexity index is 1060. The highest BCUT2D eigenvalue weighted by Crippen LogP contribution is 2.22. The van der Waals surface area contributed by atoms with Crippen molar-refractivity contribution in [3.05, 3.63) is 57.5 Å². The normalized spacial score (nSPS) is 11.1. The molecule has 1 aromatic carbocycles. The molecule has 146 valence electrons. The third-order valence-corrected chi connectivity index (χ3v) is 5.15. The Morgan fingerprint density at radius 2 is 2.07 bits per heavy atom. The Balaban J connectivity index is 1.61. The smallest absolute Gasteiger partial charge is 0.258 e. The second-order valence-electron chi connectivity index (χ2n) is 6.22. The van der Waals surface area contributed by atoms with Crippen LogP contribution < -0.4 is 16.6 Å². The van der Waals surface area contributed by atoms with E-state index in [4.69, 9.17) is 5.73 Å². The molecule has 28 heavy (non-hydrogen) atoms. The number of nitrogens with one attached hydrogen (secondary N) is 2. The molecule has 0 saturated carbocycles. The fourth-order valence-electron chi connectivity index (χ4n) is 2.82. The zero-order chi connectivity index (χ0) is 20.1. The second-order valence-corrected chi connectivity index (χ2v) is 7.14. The molecule has 3 aromatic rings. The third-order valence-electron chi connectivity index (χ3n) is 4.32. The Hall–Kier alpha value is -3.04. The van der Waals surface area contributed by atoms with Crippen LogP contribution in [0.4, 0.5) is 5.00 Å². The van der Waals surface area contributed by atoms with Crippen molar-refractivity contribution in [1.29, 1.82) is 0 Å².